The first-order chi connectivity index (χ1) is 13.1. The lowest BCUT2D eigenvalue weighted by Gasteiger charge is -2.31. The first-order valence-electron chi connectivity index (χ1n) is 8.67. The van der Waals surface area contributed by atoms with Gasteiger partial charge in [-0.3, -0.25) is 4.99 Å². The van der Waals surface area contributed by atoms with E-state index in [1.54, 1.807) is 21.0 Å². The molecule has 28 heavy (non-hydrogen) atoms. The molecule has 0 bridgehead atoms. The first-order valence-corrected chi connectivity index (χ1v) is 11.6. The van der Waals surface area contributed by atoms with Crippen molar-refractivity contribution in [3.8, 4) is 16.3 Å². The van der Waals surface area contributed by atoms with Gasteiger partial charge in [0, 0.05) is 5.39 Å². The fraction of sp³-hybridized carbons (Fsp3) is 0.316. The van der Waals surface area contributed by atoms with E-state index in [9.17, 15) is 8.42 Å². The molecule has 3 aromatic rings. The number of ether oxygens (including phenoxy) is 1. The van der Waals surface area contributed by atoms with Gasteiger partial charge < -0.3 is 15.5 Å². The number of aromatic amines is 1. The van der Waals surface area contributed by atoms with Gasteiger partial charge in [0.2, 0.25) is 0 Å². The first kappa shape index (κ1) is 19.3. The standard InChI is InChI=1S/C19H20ClN3O3S2/c1-10-18(21)23-19(2,9-28(10,24)25)17-12(20)8-15(27-17)13-7-11-5-4-6-14(26-3)16(11)22-13/h4-8,10,22H,9H2,1-3H3,(H2,21,23)/t10-,19+/m1/s1. The van der Waals surface area contributed by atoms with Crippen LogP contribution in [0.4, 0.5) is 0 Å². The largest absolute Gasteiger partial charge is 0.495 e. The molecule has 6 nitrogen and oxygen atoms in total. The van der Waals surface area contributed by atoms with Gasteiger partial charge in [0.05, 0.1) is 38.9 Å². The summed E-state index contributed by atoms with van der Waals surface area (Å²) in [5.41, 5.74) is 6.71. The topological polar surface area (TPSA) is 97.5 Å². The second-order valence-electron chi connectivity index (χ2n) is 7.16. The van der Waals surface area contributed by atoms with Crippen LogP contribution in [-0.4, -0.2) is 37.3 Å². The van der Waals surface area contributed by atoms with Gasteiger partial charge in [0.25, 0.3) is 0 Å². The number of nitrogens with zero attached hydrogens (tertiary/aromatic N) is 1. The maximum Gasteiger partial charge on any atom is 0.162 e. The van der Waals surface area contributed by atoms with Crippen LogP contribution in [0.1, 0.15) is 18.7 Å². The number of para-hydroxylation sites is 1. The van der Waals surface area contributed by atoms with Crippen LogP contribution < -0.4 is 10.5 Å². The minimum absolute atomic E-state index is 0.120. The van der Waals surface area contributed by atoms with Gasteiger partial charge >= 0.3 is 0 Å². The Morgan fingerprint density at radius 3 is 2.82 bits per heavy atom. The lowest BCUT2D eigenvalue weighted by Crippen LogP contribution is -2.47. The molecule has 1 aromatic carbocycles. The van der Waals surface area contributed by atoms with Crippen molar-refractivity contribution in [2.24, 2.45) is 10.7 Å². The normalized spacial score (nSPS) is 24.3. The second kappa shape index (κ2) is 6.50. The Morgan fingerprint density at radius 1 is 1.39 bits per heavy atom. The fourth-order valence-corrected chi connectivity index (χ4v) is 6.88. The molecule has 1 aliphatic heterocycles. The number of benzene rings is 1. The van der Waals surface area contributed by atoms with Gasteiger partial charge in [-0.1, -0.05) is 23.7 Å². The number of H-pyrrole nitrogens is 1. The molecule has 3 N–H and O–H groups in total. The van der Waals surface area contributed by atoms with Crippen LogP contribution in [0, 0.1) is 0 Å². The van der Waals surface area contributed by atoms with E-state index < -0.39 is 20.6 Å². The maximum absolute atomic E-state index is 12.5. The predicted octanol–water partition coefficient (Wildman–Crippen LogP) is 3.95. The molecule has 148 valence electrons. The van der Waals surface area contributed by atoms with Crippen molar-refractivity contribution in [1.82, 2.24) is 4.98 Å². The van der Waals surface area contributed by atoms with Crippen LogP contribution in [0.5, 0.6) is 5.75 Å². The summed E-state index contributed by atoms with van der Waals surface area (Å²) in [6.45, 7) is 3.33. The number of aliphatic imine (C=N–C) groups is 1. The van der Waals surface area contributed by atoms with Gasteiger partial charge in [0.15, 0.2) is 9.84 Å². The molecule has 2 aromatic heterocycles. The average molecular weight is 438 g/mol. The number of thiophene rings is 1. The highest BCUT2D eigenvalue weighted by molar-refractivity contribution is 7.92. The van der Waals surface area contributed by atoms with Crippen LogP contribution >= 0.6 is 22.9 Å². The van der Waals surface area contributed by atoms with E-state index in [4.69, 9.17) is 22.1 Å². The predicted molar refractivity (Wildman–Crippen MR) is 115 cm³/mol. The van der Waals surface area contributed by atoms with Crippen LogP contribution in [0.2, 0.25) is 5.02 Å². The molecule has 3 heterocycles. The molecule has 0 fully saturated rings. The zero-order valence-electron chi connectivity index (χ0n) is 15.6. The van der Waals surface area contributed by atoms with Gasteiger partial charge in [0.1, 0.15) is 22.4 Å². The quantitative estimate of drug-likeness (QED) is 0.648. The van der Waals surface area contributed by atoms with Crippen LogP contribution in [0.15, 0.2) is 35.3 Å². The minimum Gasteiger partial charge on any atom is -0.495 e. The summed E-state index contributed by atoms with van der Waals surface area (Å²) in [6, 6.07) is 9.67. The Balaban J connectivity index is 1.82. The van der Waals surface area contributed by atoms with Crippen molar-refractivity contribution in [1.29, 1.82) is 0 Å². The zero-order chi connectivity index (χ0) is 20.3. The lowest BCUT2D eigenvalue weighted by molar-refractivity contribution is 0.419. The summed E-state index contributed by atoms with van der Waals surface area (Å²) < 4.78 is 30.5. The molecule has 0 amide bonds. The number of halogens is 1. The Labute approximate surface area is 172 Å². The summed E-state index contributed by atoms with van der Waals surface area (Å²) in [6.07, 6.45) is 0. The third-order valence-electron chi connectivity index (χ3n) is 5.09. The van der Waals surface area contributed by atoms with Crippen molar-refractivity contribution in [2.45, 2.75) is 24.6 Å². The summed E-state index contributed by atoms with van der Waals surface area (Å²) in [4.78, 5) is 9.46. The summed E-state index contributed by atoms with van der Waals surface area (Å²) in [7, 11) is -1.77. The van der Waals surface area contributed by atoms with Crippen LogP contribution in [0.25, 0.3) is 21.5 Å². The third kappa shape index (κ3) is 3.00. The number of aromatic nitrogens is 1. The Morgan fingerprint density at radius 2 is 2.14 bits per heavy atom. The number of fused-ring (bicyclic) bond motifs is 1. The van der Waals surface area contributed by atoms with Crippen molar-refractivity contribution < 1.29 is 13.2 Å². The fourth-order valence-electron chi connectivity index (χ4n) is 3.53. The van der Waals surface area contributed by atoms with Gasteiger partial charge in [-0.15, -0.1) is 11.3 Å². The van der Waals surface area contributed by atoms with Crippen molar-refractivity contribution in [3.63, 3.8) is 0 Å². The number of hydrogen-bond donors (Lipinski definition) is 2. The molecule has 0 saturated carbocycles. The number of hydrogen-bond acceptors (Lipinski definition) is 6. The smallest absolute Gasteiger partial charge is 0.162 e. The molecule has 1 aliphatic rings. The number of nitrogens with two attached hydrogens (primary N) is 1. The summed E-state index contributed by atoms with van der Waals surface area (Å²) >= 11 is 7.94. The zero-order valence-corrected chi connectivity index (χ0v) is 18.0. The second-order valence-corrected chi connectivity index (χ2v) is 10.9. The third-order valence-corrected chi connectivity index (χ3v) is 9.21. The molecular weight excluding hydrogens is 418 g/mol. The number of sulfone groups is 1. The Hall–Kier alpha value is -2.03. The summed E-state index contributed by atoms with van der Waals surface area (Å²) in [5.74, 6) is 0.751. The highest BCUT2D eigenvalue weighted by Crippen LogP contribution is 2.45. The number of amidine groups is 1. The van der Waals surface area contributed by atoms with Crippen LogP contribution in [-0.2, 0) is 15.4 Å². The van der Waals surface area contributed by atoms with E-state index in [1.807, 2.05) is 30.3 Å². The molecule has 0 aliphatic carbocycles. The maximum atomic E-state index is 12.5. The van der Waals surface area contributed by atoms with E-state index in [1.165, 1.54) is 11.3 Å². The van der Waals surface area contributed by atoms with E-state index in [0.29, 0.717) is 9.90 Å². The van der Waals surface area contributed by atoms with Gasteiger partial charge in [-0.25, -0.2) is 8.42 Å². The Bertz CT molecular complexity index is 1210. The minimum atomic E-state index is -3.40. The molecule has 9 heteroatoms. The molecular formula is C19H20ClN3O3S2. The molecule has 2 atom stereocenters. The van der Waals surface area contributed by atoms with Crippen molar-refractivity contribution in [2.75, 3.05) is 12.9 Å². The number of methoxy groups -OCH3 is 1. The molecule has 0 radical (unpaired) electrons. The van der Waals surface area contributed by atoms with Gasteiger partial charge in [-0.05, 0) is 32.0 Å². The lowest BCUT2D eigenvalue weighted by atomic mass is 10.0. The van der Waals surface area contributed by atoms with E-state index in [0.717, 1.165) is 27.2 Å². The van der Waals surface area contributed by atoms with Crippen molar-refractivity contribution >= 4 is 49.5 Å². The molecule has 0 spiro atoms. The Kier molecular flexibility index (Phi) is 4.48. The van der Waals surface area contributed by atoms with E-state index in [2.05, 4.69) is 9.98 Å². The van der Waals surface area contributed by atoms with Crippen LogP contribution in [0.3, 0.4) is 0 Å². The molecule has 0 unspecified atom stereocenters. The van der Waals surface area contributed by atoms with E-state index in [-0.39, 0.29) is 11.6 Å². The van der Waals surface area contributed by atoms with E-state index >= 15 is 0 Å². The number of rotatable bonds is 3. The monoisotopic (exact) mass is 437 g/mol. The molecule has 0 saturated heterocycles. The molecule has 4 rings (SSSR count). The van der Waals surface area contributed by atoms with Gasteiger partial charge in [-0.2, -0.15) is 0 Å². The highest BCUT2D eigenvalue weighted by atomic mass is 35.5. The highest BCUT2D eigenvalue weighted by Gasteiger charge is 2.43. The number of nitrogens with one attached hydrogen (secondary N) is 1. The SMILES string of the molecule is COc1cccc2cc(-c3cc(Cl)c([C@]4(C)CS(=O)(=O)[C@H](C)C(N)=N4)s3)[nH]c12. The van der Waals surface area contributed by atoms with Crippen molar-refractivity contribution in [3.05, 3.63) is 40.2 Å². The average Bonchev–Trinajstić information content (AvgIpc) is 3.22. The summed E-state index contributed by atoms with van der Waals surface area (Å²) in [5, 5.41) is 0.720.